The standard InChI is InChI=1S/C47H65FN2O11/c1-25-14-19-47(56-23-25)26(2)39-37(61-47)21-36-34-13-10-31-20-33(15-17-45(31,6)35(34)16-18-46(36,39)7)59-43-40(50-44(54)49-22-30-8-11-32(48)12-9-30)42(58-29(5)53)41(57-28(4)52)38(60-43)24-55-27(3)51/h8-12,25-26,33-43H,13-24H2,1-7H3,(H2,49,50,54)/t25-,26+,33+,34-,35+,36+,37+,38-,39+,40-,41-,42-,43-,45+,46+,47-/m1/s1. The Hall–Kier alpha value is -3.59. The van der Waals surface area contributed by atoms with E-state index < -0.39 is 66.2 Å². The average molecular weight is 853 g/mol. The predicted molar refractivity (Wildman–Crippen MR) is 219 cm³/mol. The Morgan fingerprint density at radius 2 is 1.64 bits per heavy atom. The molecular formula is C47H65FN2O11. The maximum absolute atomic E-state index is 13.6. The number of nitrogens with one attached hydrogen (secondary N) is 2. The lowest BCUT2D eigenvalue weighted by Crippen LogP contribution is -2.68. The van der Waals surface area contributed by atoms with Crippen LogP contribution in [0.5, 0.6) is 0 Å². The van der Waals surface area contributed by atoms with E-state index in [1.165, 1.54) is 51.3 Å². The third kappa shape index (κ3) is 8.47. The number of ether oxygens (including phenoxy) is 7. The normalized spacial score (nSPS) is 42.5. The molecule has 3 aliphatic heterocycles. The fourth-order valence-corrected chi connectivity index (χ4v) is 13.1. The molecule has 13 nitrogen and oxygen atoms in total. The van der Waals surface area contributed by atoms with Crippen LogP contribution in [-0.2, 0) is 54.1 Å². The summed E-state index contributed by atoms with van der Waals surface area (Å²) < 4.78 is 57.2. The van der Waals surface area contributed by atoms with Crippen molar-refractivity contribution in [2.24, 2.45) is 46.3 Å². The molecule has 16 atom stereocenters. The van der Waals surface area contributed by atoms with E-state index in [0.29, 0.717) is 47.5 Å². The van der Waals surface area contributed by atoms with E-state index in [0.717, 1.165) is 45.1 Å². The molecule has 0 bridgehead atoms. The summed E-state index contributed by atoms with van der Waals surface area (Å²) >= 11 is 0. The number of amides is 2. The van der Waals surface area contributed by atoms with Crippen LogP contribution in [0.4, 0.5) is 9.18 Å². The van der Waals surface area contributed by atoms with Gasteiger partial charge >= 0.3 is 23.9 Å². The van der Waals surface area contributed by atoms with Gasteiger partial charge in [-0.1, -0.05) is 51.5 Å². The molecule has 4 aliphatic carbocycles. The molecule has 0 aromatic heterocycles. The largest absolute Gasteiger partial charge is 0.463 e. The van der Waals surface area contributed by atoms with E-state index >= 15 is 0 Å². The number of halogens is 1. The maximum atomic E-state index is 13.6. The highest BCUT2D eigenvalue weighted by atomic mass is 19.1. The van der Waals surface area contributed by atoms with E-state index in [2.05, 4.69) is 44.4 Å². The van der Waals surface area contributed by atoms with Gasteiger partial charge in [-0.15, -0.1) is 0 Å². The molecule has 8 rings (SSSR count). The van der Waals surface area contributed by atoms with Gasteiger partial charge in [0, 0.05) is 39.7 Å². The van der Waals surface area contributed by atoms with Crippen molar-refractivity contribution < 1.29 is 56.7 Å². The number of hydrogen-bond acceptors (Lipinski definition) is 11. The Morgan fingerprint density at radius 1 is 0.902 bits per heavy atom. The summed E-state index contributed by atoms with van der Waals surface area (Å²) in [6.07, 6.45) is 6.51. The van der Waals surface area contributed by atoms with Crippen LogP contribution in [0.15, 0.2) is 35.9 Å². The predicted octanol–water partition coefficient (Wildman–Crippen LogP) is 6.90. The summed E-state index contributed by atoms with van der Waals surface area (Å²) in [7, 11) is 0. The smallest absolute Gasteiger partial charge is 0.315 e. The summed E-state index contributed by atoms with van der Waals surface area (Å²) in [4.78, 5) is 50.5. The second-order valence-corrected chi connectivity index (χ2v) is 19.8. The second-order valence-electron chi connectivity index (χ2n) is 19.8. The lowest BCUT2D eigenvalue weighted by Gasteiger charge is -2.58. The molecule has 0 radical (unpaired) electrons. The van der Waals surface area contributed by atoms with Crippen LogP contribution in [0.1, 0.15) is 112 Å². The first-order valence-electron chi connectivity index (χ1n) is 22.6. The Morgan fingerprint density at radius 3 is 2.33 bits per heavy atom. The van der Waals surface area contributed by atoms with Crippen molar-refractivity contribution in [3.8, 4) is 0 Å². The van der Waals surface area contributed by atoms with Gasteiger partial charge in [-0.05, 0) is 109 Å². The molecule has 14 heteroatoms. The minimum absolute atomic E-state index is 0.00198. The van der Waals surface area contributed by atoms with Crippen LogP contribution in [-0.4, -0.2) is 85.8 Å². The van der Waals surface area contributed by atoms with E-state index in [4.69, 9.17) is 33.2 Å². The van der Waals surface area contributed by atoms with Crippen LogP contribution >= 0.6 is 0 Å². The number of carbonyl (C=O) groups excluding carboxylic acids is 4. The highest BCUT2D eigenvalue weighted by molar-refractivity contribution is 5.74. The molecule has 3 heterocycles. The minimum atomic E-state index is -1.27. The molecule has 2 amide bonds. The van der Waals surface area contributed by atoms with Crippen molar-refractivity contribution in [2.75, 3.05) is 13.2 Å². The van der Waals surface area contributed by atoms with Crippen molar-refractivity contribution in [3.63, 3.8) is 0 Å². The number of rotatable bonds is 9. The Balaban J connectivity index is 1.00. The second kappa shape index (κ2) is 17.2. The lowest BCUT2D eigenvalue weighted by atomic mass is 9.47. The van der Waals surface area contributed by atoms with Gasteiger partial charge in [-0.2, -0.15) is 0 Å². The van der Waals surface area contributed by atoms with Gasteiger partial charge in [0.25, 0.3) is 0 Å². The number of carbonyl (C=O) groups is 4. The van der Waals surface area contributed by atoms with Crippen molar-refractivity contribution >= 4 is 23.9 Å². The molecule has 3 saturated carbocycles. The zero-order valence-electron chi connectivity index (χ0n) is 36.7. The van der Waals surface area contributed by atoms with Crippen molar-refractivity contribution in [1.29, 1.82) is 0 Å². The van der Waals surface area contributed by atoms with Gasteiger partial charge in [0.2, 0.25) is 0 Å². The fourth-order valence-electron chi connectivity index (χ4n) is 13.1. The molecule has 336 valence electrons. The van der Waals surface area contributed by atoms with Crippen molar-refractivity contribution in [2.45, 2.75) is 161 Å². The topological polar surface area (TPSA) is 157 Å². The Kier molecular flexibility index (Phi) is 12.4. The average Bonchev–Trinajstić information content (AvgIpc) is 3.65. The van der Waals surface area contributed by atoms with E-state index in [1.54, 1.807) is 12.1 Å². The summed E-state index contributed by atoms with van der Waals surface area (Å²) in [6.45, 7) is 13.9. The molecule has 6 fully saturated rings. The number of esters is 3. The van der Waals surface area contributed by atoms with Crippen LogP contribution < -0.4 is 10.6 Å². The lowest BCUT2D eigenvalue weighted by molar-refractivity contribution is -0.289. The molecule has 61 heavy (non-hydrogen) atoms. The maximum Gasteiger partial charge on any atom is 0.315 e. The summed E-state index contributed by atoms with van der Waals surface area (Å²) in [5.41, 5.74) is 2.25. The van der Waals surface area contributed by atoms with E-state index in [-0.39, 0.29) is 36.2 Å². The van der Waals surface area contributed by atoms with Gasteiger partial charge in [0.15, 0.2) is 24.3 Å². The number of allylic oxidation sites excluding steroid dienone is 1. The SMILES string of the molecule is CC(=O)OC[C@H]1O[C@@H](O[C@H]2CC[C@@]3(C)C(=CC[C@H]4[C@@H]5C[C@@H]6O[C@]7(CC[C@@H](C)CO7)[C@@H](C)[C@@H]6[C@@]5(C)CC[C@@H]43)C2)[C@H](NC(=O)NCc2ccc(F)cc2)[C@@H](OC(C)=O)[C@@H]1OC(C)=O. The van der Waals surface area contributed by atoms with Crippen LogP contribution in [0.2, 0.25) is 0 Å². The summed E-state index contributed by atoms with van der Waals surface area (Å²) in [5, 5.41) is 5.63. The Bertz CT molecular complexity index is 1850. The zero-order chi connectivity index (χ0) is 43.4. The fraction of sp³-hybridized carbons (Fsp3) is 0.745. The first-order chi connectivity index (χ1) is 29.0. The molecular weight excluding hydrogens is 788 g/mol. The van der Waals surface area contributed by atoms with E-state index in [1.807, 2.05) is 0 Å². The zero-order valence-corrected chi connectivity index (χ0v) is 36.7. The van der Waals surface area contributed by atoms with Gasteiger partial charge in [-0.3, -0.25) is 14.4 Å². The molecule has 1 aromatic carbocycles. The van der Waals surface area contributed by atoms with Crippen molar-refractivity contribution in [3.05, 3.63) is 47.3 Å². The van der Waals surface area contributed by atoms with Crippen LogP contribution in [0.3, 0.4) is 0 Å². The van der Waals surface area contributed by atoms with Gasteiger partial charge in [-0.25, -0.2) is 9.18 Å². The molecule has 1 spiro atoms. The molecule has 3 saturated heterocycles. The van der Waals surface area contributed by atoms with Crippen LogP contribution in [0.25, 0.3) is 0 Å². The van der Waals surface area contributed by atoms with E-state index in [9.17, 15) is 23.6 Å². The molecule has 1 aromatic rings. The first-order valence-corrected chi connectivity index (χ1v) is 22.6. The molecule has 0 unspecified atom stereocenters. The number of urea groups is 1. The number of hydrogen-bond donors (Lipinski definition) is 2. The van der Waals surface area contributed by atoms with Crippen molar-refractivity contribution in [1.82, 2.24) is 10.6 Å². The number of benzene rings is 1. The quantitative estimate of drug-likeness (QED) is 0.151. The monoisotopic (exact) mass is 852 g/mol. The summed E-state index contributed by atoms with van der Waals surface area (Å²) in [6, 6.07) is 3.94. The van der Waals surface area contributed by atoms with Gasteiger partial charge in [0.05, 0.1) is 18.8 Å². The van der Waals surface area contributed by atoms with Gasteiger partial charge < -0.3 is 43.8 Å². The van der Waals surface area contributed by atoms with Crippen LogP contribution in [0, 0.1) is 52.2 Å². The minimum Gasteiger partial charge on any atom is -0.463 e. The first kappa shape index (κ1) is 44.0. The third-order valence-electron chi connectivity index (χ3n) is 16.0. The highest BCUT2D eigenvalue weighted by Crippen LogP contribution is 2.70. The number of fused-ring (bicyclic) bond motifs is 7. The third-order valence-corrected chi connectivity index (χ3v) is 16.0. The molecule has 2 N–H and O–H groups in total. The highest BCUT2D eigenvalue weighted by Gasteiger charge is 2.69. The molecule has 7 aliphatic rings. The Labute approximate surface area is 358 Å². The summed E-state index contributed by atoms with van der Waals surface area (Å²) in [5.74, 6) is 0.359. The van der Waals surface area contributed by atoms with Gasteiger partial charge in [0.1, 0.15) is 24.6 Å².